The molecule has 0 bridgehead atoms. The molecule has 3 rings (SSSR count). The number of thioether (sulfide) groups is 1. The molecule has 148 valence electrons. The Morgan fingerprint density at radius 1 is 1.24 bits per heavy atom. The molecule has 0 aromatic heterocycles. The van der Waals surface area contributed by atoms with Crippen LogP contribution in [0.15, 0.2) is 0 Å². The highest BCUT2D eigenvalue weighted by molar-refractivity contribution is 7.99. The zero-order chi connectivity index (χ0) is 16.2. The molecular formula is C16H31Cl2N3O3S. The molecular weight excluding hydrogens is 385 g/mol. The summed E-state index contributed by atoms with van der Waals surface area (Å²) in [5, 5.41) is 6.54. The van der Waals surface area contributed by atoms with E-state index in [9.17, 15) is 4.79 Å². The van der Waals surface area contributed by atoms with E-state index in [1.54, 1.807) is 7.11 Å². The van der Waals surface area contributed by atoms with Gasteiger partial charge < -0.3 is 20.1 Å². The van der Waals surface area contributed by atoms with Gasteiger partial charge in [-0.2, -0.15) is 11.8 Å². The van der Waals surface area contributed by atoms with Crippen LogP contribution in [0.25, 0.3) is 0 Å². The number of amides is 1. The van der Waals surface area contributed by atoms with Gasteiger partial charge in [-0.25, -0.2) is 0 Å². The number of carbonyl (C=O) groups is 1. The lowest BCUT2D eigenvalue weighted by Gasteiger charge is -2.44. The maximum atomic E-state index is 12.8. The predicted octanol–water partition coefficient (Wildman–Crippen LogP) is 0.923. The van der Waals surface area contributed by atoms with E-state index >= 15 is 0 Å². The van der Waals surface area contributed by atoms with Crippen molar-refractivity contribution in [3.8, 4) is 0 Å². The molecule has 0 saturated carbocycles. The van der Waals surface area contributed by atoms with E-state index < -0.39 is 5.60 Å². The Hall–Kier alpha value is 0.240. The van der Waals surface area contributed by atoms with Gasteiger partial charge in [-0.3, -0.25) is 9.69 Å². The van der Waals surface area contributed by atoms with Crippen molar-refractivity contribution in [2.45, 2.75) is 30.4 Å². The summed E-state index contributed by atoms with van der Waals surface area (Å²) in [4.78, 5) is 15.3. The van der Waals surface area contributed by atoms with E-state index in [1.165, 1.54) is 5.75 Å². The lowest BCUT2D eigenvalue weighted by atomic mass is 9.90. The number of nitrogens with zero attached hydrogens (tertiary/aromatic N) is 1. The molecule has 1 unspecified atom stereocenters. The largest absolute Gasteiger partial charge is 0.379 e. The summed E-state index contributed by atoms with van der Waals surface area (Å²) >= 11 is 1.99. The Labute approximate surface area is 167 Å². The van der Waals surface area contributed by atoms with Crippen LogP contribution in [0.2, 0.25) is 0 Å². The van der Waals surface area contributed by atoms with Gasteiger partial charge in [0.1, 0.15) is 5.60 Å². The van der Waals surface area contributed by atoms with Crippen LogP contribution in [0.4, 0.5) is 0 Å². The second-order valence-corrected chi connectivity index (χ2v) is 7.86. The molecule has 1 atom stereocenters. The molecule has 2 N–H and O–H groups in total. The molecule has 3 aliphatic heterocycles. The number of rotatable bonds is 5. The van der Waals surface area contributed by atoms with Gasteiger partial charge in [0.25, 0.3) is 5.91 Å². The molecule has 0 spiro atoms. The van der Waals surface area contributed by atoms with Gasteiger partial charge in [-0.1, -0.05) is 0 Å². The minimum absolute atomic E-state index is 0. The Kier molecular flexibility index (Phi) is 9.82. The van der Waals surface area contributed by atoms with Crippen LogP contribution in [0.1, 0.15) is 19.3 Å². The Morgan fingerprint density at radius 2 is 1.92 bits per heavy atom. The fraction of sp³-hybridized carbons (Fsp3) is 0.938. The van der Waals surface area contributed by atoms with Crippen LogP contribution in [-0.2, 0) is 14.3 Å². The Bertz CT molecular complexity index is 413. The molecule has 9 heteroatoms. The van der Waals surface area contributed by atoms with E-state index in [0.717, 1.165) is 71.0 Å². The molecule has 0 aliphatic carbocycles. The summed E-state index contributed by atoms with van der Waals surface area (Å²) in [6.45, 7) is 5.93. The number of ether oxygens (including phenoxy) is 2. The lowest BCUT2D eigenvalue weighted by molar-refractivity contribution is -0.147. The van der Waals surface area contributed by atoms with Crippen molar-refractivity contribution in [2.75, 3.05) is 64.6 Å². The van der Waals surface area contributed by atoms with Crippen LogP contribution in [0.3, 0.4) is 0 Å². The highest BCUT2D eigenvalue weighted by atomic mass is 35.5. The fourth-order valence-corrected chi connectivity index (χ4v) is 5.37. The number of carbonyl (C=O) groups excluding carboxylic acids is 1. The summed E-state index contributed by atoms with van der Waals surface area (Å²) < 4.78 is 11.1. The van der Waals surface area contributed by atoms with Gasteiger partial charge in [0.15, 0.2) is 0 Å². The van der Waals surface area contributed by atoms with E-state index in [1.807, 2.05) is 11.8 Å². The first-order valence-electron chi connectivity index (χ1n) is 8.66. The first kappa shape index (κ1) is 23.3. The first-order valence-corrected chi connectivity index (χ1v) is 9.81. The molecule has 0 aromatic rings. The first-order chi connectivity index (χ1) is 11.2. The summed E-state index contributed by atoms with van der Waals surface area (Å²) in [5.74, 6) is 2.33. The molecule has 25 heavy (non-hydrogen) atoms. The number of hydrogen-bond acceptors (Lipinski definition) is 6. The second-order valence-electron chi connectivity index (χ2n) is 6.76. The van der Waals surface area contributed by atoms with Crippen LogP contribution in [-0.4, -0.2) is 86.5 Å². The minimum Gasteiger partial charge on any atom is -0.379 e. The summed E-state index contributed by atoms with van der Waals surface area (Å²) in [6, 6.07) is 0. The van der Waals surface area contributed by atoms with Crippen molar-refractivity contribution in [3.63, 3.8) is 0 Å². The third kappa shape index (κ3) is 5.15. The molecule has 0 radical (unpaired) electrons. The van der Waals surface area contributed by atoms with E-state index in [2.05, 4.69) is 15.5 Å². The van der Waals surface area contributed by atoms with Gasteiger partial charge >= 0.3 is 0 Å². The minimum atomic E-state index is -0.650. The van der Waals surface area contributed by atoms with E-state index in [4.69, 9.17) is 9.47 Å². The van der Waals surface area contributed by atoms with Crippen LogP contribution in [0, 0.1) is 0 Å². The zero-order valence-electron chi connectivity index (χ0n) is 14.9. The van der Waals surface area contributed by atoms with E-state index in [0.29, 0.717) is 0 Å². The summed E-state index contributed by atoms with van der Waals surface area (Å²) in [7, 11) is 1.66. The maximum Gasteiger partial charge on any atom is 0.252 e. The number of morpholine rings is 1. The average Bonchev–Trinajstić information content (AvgIpc) is 3.11. The lowest BCUT2D eigenvalue weighted by Crippen LogP contribution is -2.62. The predicted molar refractivity (Wildman–Crippen MR) is 106 cm³/mol. The van der Waals surface area contributed by atoms with E-state index in [-0.39, 0.29) is 36.3 Å². The number of piperidine rings is 1. The topological polar surface area (TPSA) is 62.8 Å². The van der Waals surface area contributed by atoms with Crippen LogP contribution in [0.5, 0.6) is 0 Å². The monoisotopic (exact) mass is 415 g/mol. The van der Waals surface area contributed by atoms with Gasteiger partial charge in [0, 0.05) is 38.0 Å². The van der Waals surface area contributed by atoms with Crippen molar-refractivity contribution in [1.29, 1.82) is 0 Å². The molecule has 3 aliphatic rings. The number of nitrogens with one attached hydrogen (secondary N) is 2. The zero-order valence-corrected chi connectivity index (χ0v) is 17.3. The highest BCUT2D eigenvalue weighted by Gasteiger charge is 2.44. The number of methoxy groups -OCH3 is 1. The van der Waals surface area contributed by atoms with Gasteiger partial charge in [-0.15, -0.1) is 24.8 Å². The SMILES string of the molecule is COC1(C(=O)NCC2(N3CCOCC3)CCSC2)CCNCC1.Cl.Cl. The van der Waals surface area contributed by atoms with Crippen LogP contribution >= 0.6 is 36.6 Å². The van der Waals surface area contributed by atoms with Crippen molar-refractivity contribution < 1.29 is 14.3 Å². The van der Waals surface area contributed by atoms with Crippen molar-refractivity contribution in [1.82, 2.24) is 15.5 Å². The molecule has 3 heterocycles. The fourth-order valence-electron chi connectivity index (χ4n) is 3.90. The van der Waals surface area contributed by atoms with Crippen molar-refractivity contribution in [2.24, 2.45) is 0 Å². The molecule has 3 fully saturated rings. The van der Waals surface area contributed by atoms with Gasteiger partial charge in [0.05, 0.1) is 13.2 Å². The van der Waals surface area contributed by atoms with Crippen molar-refractivity contribution >= 4 is 42.5 Å². The highest BCUT2D eigenvalue weighted by Crippen LogP contribution is 2.34. The molecule has 1 amide bonds. The summed E-state index contributed by atoms with van der Waals surface area (Å²) in [5.41, 5.74) is -0.560. The summed E-state index contributed by atoms with van der Waals surface area (Å²) in [6.07, 6.45) is 2.63. The Morgan fingerprint density at radius 3 is 2.48 bits per heavy atom. The Balaban J connectivity index is 0.00000156. The average molecular weight is 416 g/mol. The van der Waals surface area contributed by atoms with Gasteiger partial charge in [-0.05, 0) is 38.1 Å². The second kappa shape index (κ2) is 10.5. The molecule has 3 saturated heterocycles. The standard InChI is InChI=1S/C16H29N3O3S.2ClH/c1-21-16(2-5-17-6-3-16)14(20)18-12-15(4-11-23-13-15)19-7-9-22-10-8-19;;/h17H,2-13H2,1H3,(H,18,20);2*1H. The van der Waals surface area contributed by atoms with Crippen LogP contribution < -0.4 is 10.6 Å². The van der Waals surface area contributed by atoms with Gasteiger partial charge in [0.2, 0.25) is 0 Å². The third-order valence-electron chi connectivity index (χ3n) is 5.56. The van der Waals surface area contributed by atoms with Crippen molar-refractivity contribution in [3.05, 3.63) is 0 Å². The molecule has 0 aromatic carbocycles. The third-order valence-corrected chi connectivity index (χ3v) is 6.79. The smallest absolute Gasteiger partial charge is 0.252 e. The quantitative estimate of drug-likeness (QED) is 0.695. The number of halogens is 2. The molecule has 6 nitrogen and oxygen atoms in total. The normalized spacial score (nSPS) is 29.3. The number of hydrogen-bond donors (Lipinski definition) is 2. The maximum absolute atomic E-state index is 12.8.